The van der Waals surface area contributed by atoms with E-state index in [1.54, 1.807) is 12.1 Å². The Labute approximate surface area is 144 Å². The Morgan fingerprint density at radius 2 is 1.79 bits per heavy atom. The van der Waals surface area contributed by atoms with E-state index in [9.17, 15) is 14.7 Å². The van der Waals surface area contributed by atoms with Crippen LogP contribution in [0.5, 0.6) is 0 Å². The number of carboxylic acids is 1. The predicted octanol–water partition coefficient (Wildman–Crippen LogP) is 3.59. The number of benzene rings is 1. The molecule has 0 saturated heterocycles. The molecule has 1 aliphatic rings. The number of aromatic carboxylic acids is 1. The van der Waals surface area contributed by atoms with Crippen molar-refractivity contribution in [3.8, 4) is 0 Å². The number of unbranched alkanes of at least 4 members (excludes halogenated alkanes) is 1. The van der Waals surface area contributed by atoms with Crippen molar-refractivity contribution in [3.05, 3.63) is 35.4 Å². The number of carboxylic acid groups (broad SMARTS) is 1. The van der Waals surface area contributed by atoms with Gasteiger partial charge in [0.25, 0.3) is 0 Å². The van der Waals surface area contributed by atoms with Crippen LogP contribution in [0, 0.1) is 11.8 Å². The molecule has 4 heteroatoms. The van der Waals surface area contributed by atoms with E-state index in [-0.39, 0.29) is 17.2 Å². The van der Waals surface area contributed by atoms with Gasteiger partial charge in [-0.15, -0.1) is 0 Å². The van der Waals surface area contributed by atoms with Crippen LogP contribution in [0.1, 0.15) is 79.5 Å². The molecule has 1 fully saturated rings. The lowest BCUT2D eigenvalue weighted by Crippen LogP contribution is -2.30. The Balaban J connectivity index is 1.90. The van der Waals surface area contributed by atoms with Crippen LogP contribution in [0.4, 0.5) is 0 Å². The topological polar surface area (TPSA) is 66.4 Å². The van der Waals surface area contributed by atoms with E-state index in [4.69, 9.17) is 4.74 Å². The molecular weight excluding hydrogens is 304 g/mol. The molecule has 0 unspecified atom stereocenters. The summed E-state index contributed by atoms with van der Waals surface area (Å²) < 4.78 is 5.55. The molecular formula is C20H27O4-. The fraction of sp³-hybridized carbons (Fsp3) is 0.600. The van der Waals surface area contributed by atoms with Crippen LogP contribution in [-0.2, 0) is 4.74 Å². The molecule has 132 valence electrons. The lowest BCUT2D eigenvalue weighted by atomic mass is 9.78. The van der Waals surface area contributed by atoms with Gasteiger partial charge in [0.2, 0.25) is 0 Å². The lowest BCUT2D eigenvalue weighted by molar-refractivity contribution is -0.255. The molecule has 4 nitrogen and oxygen atoms in total. The first-order valence-corrected chi connectivity index (χ1v) is 9.04. The monoisotopic (exact) mass is 331 g/mol. The minimum atomic E-state index is -1.35. The molecule has 1 saturated carbocycles. The molecule has 0 bridgehead atoms. The minimum Gasteiger partial charge on any atom is -0.545 e. The molecule has 2 rings (SSSR count). The Morgan fingerprint density at radius 1 is 1.17 bits per heavy atom. The van der Waals surface area contributed by atoms with Gasteiger partial charge in [-0.3, -0.25) is 0 Å². The SMILES string of the molecule is CCCCC1CCC([C@@H](C)OC(=O)c2ccccc2C(=O)[O-])CC1. The van der Waals surface area contributed by atoms with E-state index in [0.29, 0.717) is 5.92 Å². The number of rotatable bonds is 7. The van der Waals surface area contributed by atoms with Crippen LogP contribution < -0.4 is 5.11 Å². The summed E-state index contributed by atoms with van der Waals surface area (Å²) in [6, 6.07) is 6.05. The van der Waals surface area contributed by atoms with Crippen molar-refractivity contribution in [2.75, 3.05) is 0 Å². The zero-order chi connectivity index (χ0) is 17.5. The van der Waals surface area contributed by atoms with Crippen LogP contribution in [0.2, 0.25) is 0 Å². The summed E-state index contributed by atoms with van der Waals surface area (Å²) in [6.45, 7) is 4.13. The van der Waals surface area contributed by atoms with Gasteiger partial charge in [-0.1, -0.05) is 57.2 Å². The van der Waals surface area contributed by atoms with Crippen molar-refractivity contribution in [1.29, 1.82) is 0 Å². The van der Waals surface area contributed by atoms with Gasteiger partial charge < -0.3 is 14.6 Å². The summed E-state index contributed by atoms with van der Waals surface area (Å²) in [5.41, 5.74) is -0.0426. The standard InChI is InChI=1S/C20H28O4/c1-3-4-7-15-10-12-16(13-11-15)14(2)24-20(23)18-9-6-5-8-17(18)19(21)22/h5-6,8-9,14-16H,3-4,7,10-13H2,1-2H3,(H,21,22)/p-1/t14-,15?,16?/m1/s1. The molecule has 1 atom stereocenters. The average molecular weight is 331 g/mol. The molecule has 1 aromatic rings. The Kier molecular flexibility index (Phi) is 6.83. The highest BCUT2D eigenvalue weighted by molar-refractivity contribution is 6.01. The van der Waals surface area contributed by atoms with Gasteiger partial charge >= 0.3 is 5.97 Å². The van der Waals surface area contributed by atoms with Crippen molar-refractivity contribution in [2.24, 2.45) is 11.8 Å². The normalized spacial score (nSPS) is 21.9. The number of esters is 1. The molecule has 0 radical (unpaired) electrons. The molecule has 0 amide bonds. The van der Waals surface area contributed by atoms with Gasteiger partial charge in [-0.25, -0.2) is 4.79 Å². The van der Waals surface area contributed by atoms with Crippen molar-refractivity contribution in [3.63, 3.8) is 0 Å². The quantitative estimate of drug-likeness (QED) is 0.716. The summed E-state index contributed by atoms with van der Waals surface area (Å²) in [4.78, 5) is 23.4. The molecule has 1 aromatic carbocycles. The molecule has 24 heavy (non-hydrogen) atoms. The number of ether oxygens (including phenoxy) is 1. The van der Waals surface area contributed by atoms with Crippen LogP contribution in [0.25, 0.3) is 0 Å². The van der Waals surface area contributed by atoms with Crippen LogP contribution in [0.15, 0.2) is 24.3 Å². The van der Waals surface area contributed by atoms with Gasteiger partial charge in [0, 0.05) is 5.56 Å². The maximum atomic E-state index is 12.3. The second-order valence-electron chi connectivity index (χ2n) is 6.87. The summed E-state index contributed by atoms with van der Waals surface area (Å²) >= 11 is 0. The zero-order valence-electron chi connectivity index (χ0n) is 14.6. The molecule has 0 N–H and O–H groups in total. The first-order valence-electron chi connectivity index (χ1n) is 9.04. The first kappa shape index (κ1) is 18.5. The maximum Gasteiger partial charge on any atom is 0.339 e. The van der Waals surface area contributed by atoms with Gasteiger partial charge in [-0.2, -0.15) is 0 Å². The Hall–Kier alpha value is -1.84. The second-order valence-corrected chi connectivity index (χ2v) is 6.87. The van der Waals surface area contributed by atoms with E-state index in [1.807, 2.05) is 6.92 Å². The number of hydrogen-bond donors (Lipinski definition) is 0. The first-order chi connectivity index (χ1) is 11.5. The van der Waals surface area contributed by atoms with Gasteiger partial charge in [0.05, 0.1) is 11.5 Å². The van der Waals surface area contributed by atoms with Crippen molar-refractivity contribution in [1.82, 2.24) is 0 Å². The highest BCUT2D eigenvalue weighted by Gasteiger charge is 2.27. The van der Waals surface area contributed by atoms with Gasteiger partial charge in [0.1, 0.15) is 6.10 Å². The molecule has 0 aliphatic heterocycles. The minimum absolute atomic E-state index is 0.0704. The third kappa shape index (κ3) is 4.83. The highest BCUT2D eigenvalue weighted by atomic mass is 16.5. The van der Waals surface area contributed by atoms with Gasteiger partial charge in [-0.05, 0) is 37.7 Å². The van der Waals surface area contributed by atoms with Gasteiger partial charge in [0.15, 0.2) is 0 Å². The van der Waals surface area contributed by atoms with E-state index in [2.05, 4.69) is 6.92 Å². The molecule has 1 aliphatic carbocycles. The predicted molar refractivity (Wildman–Crippen MR) is 90.6 cm³/mol. The van der Waals surface area contributed by atoms with Crippen molar-refractivity contribution in [2.45, 2.75) is 64.9 Å². The third-order valence-electron chi connectivity index (χ3n) is 5.18. The van der Waals surface area contributed by atoms with E-state index in [1.165, 1.54) is 44.2 Å². The fourth-order valence-corrected chi connectivity index (χ4v) is 3.61. The maximum absolute atomic E-state index is 12.3. The van der Waals surface area contributed by atoms with Crippen LogP contribution >= 0.6 is 0 Å². The zero-order valence-corrected chi connectivity index (χ0v) is 14.6. The Bertz CT molecular complexity index is 559. The summed E-state index contributed by atoms with van der Waals surface area (Å²) in [7, 11) is 0. The molecule has 0 spiro atoms. The Morgan fingerprint density at radius 3 is 2.38 bits per heavy atom. The summed E-state index contributed by atoms with van der Waals surface area (Å²) in [6.07, 6.45) is 8.18. The average Bonchev–Trinajstić information content (AvgIpc) is 2.60. The number of carbonyl (C=O) groups is 2. The molecule has 0 heterocycles. The summed E-state index contributed by atoms with van der Waals surface area (Å²) in [5.74, 6) is -0.758. The van der Waals surface area contributed by atoms with Crippen LogP contribution in [0.3, 0.4) is 0 Å². The van der Waals surface area contributed by atoms with Crippen molar-refractivity contribution >= 4 is 11.9 Å². The largest absolute Gasteiger partial charge is 0.545 e. The third-order valence-corrected chi connectivity index (χ3v) is 5.18. The second kappa shape index (κ2) is 8.86. The van der Waals surface area contributed by atoms with Crippen LogP contribution in [-0.4, -0.2) is 18.0 Å². The molecule has 0 aromatic heterocycles. The van der Waals surface area contributed by atoms with E-state index in [0.717, 1.165) is 18.8 Å². The van der Waals surface area contributed by atoms with E-state index >= 15 is 0 Å². The summed E-state index contributed by atoms with van der Waals surface area (Å²) in [5, 5.41) is 11.1. The fourth-order valence-electron chi connectivity index (χ4n) is 3.61. The smallest absolute Gasteiger partial charge is 0.339 e. The van der Waals surface area contributed by atoms with Crippen molar-refractivity contribution < 1.29 is 19.4 Å². The highest BCUT2D eigenvalue weighted by Crippen LogP contribution is 2.34. The number of hydrogen-bond acceptors (Lipinski definition) is 4. The lowest BCUT2D eigenvalue weighted by Gasteiger charge is -2.32. The number of carbonyl (C=O) groups excluding carboxylic acids is 2. The van der Waals surface area contributed by atoms with E-state index < -0.39 is 11.9 Å².